The average Bonchev–Trinajstić information content (AvgIpc) is 2.71. The minimum Gasteiger partial charge on any atom is -0.486 e. The zero-order chi connectivity index (χ0) is 19.7. The van der Waals surface area contributed by atoms with Crippen LogP contribution in [0.2, 0.25) is 0 Å². The highest BCUT2D eigenvalue weighted by molar-refractivity contribution is 7.89. The maximum absolute atomic E-state index is 13.0. The second kappa shape index (κ2) is 7.52. The van der Waals surface area contributed by atoms with E-state index in [1.165, 1.54) is 12.1 Å². The van der Waals surface area contributed by atoms with Gasteiger partial charge < -0.3 is 18.9 Å². The lowest BCUT2D eigenvalue weighted by Crippen LogP contribution is -2.32. The van der Waals surface area contributed by atoms with Gasteiger partial charge in [-0.2, -0.15) is 0 Å². The fourth-order valence-corrected chi connectivity index (χ4v) is 4.66. The molecule has 4 rings (SSSR count). The summed E-state index contributed by atoms with van der Waals surface area (Å²) in [4.78, 5) is 0.139. The summed E-state index contributed by atoms with van der Waals surface area (Å²) in [7, 11) is -3.77. The molecule has 8 heteroatoms. The van der Waals surface area contributed by atoms with Gasteiger partial charge in [-0.1, -0.05) is 19.9 Å². The zero-order valence-corrected chi connectivity index (χ0v) is 16.6. The van der Waals surface area contributed by atoms with E-state index < -0.39 is 16.1 Å². The van der Waals surface area contributed by atoms with Crippen LogP contribution in [-0.2, 0) is 10.0 Å². The number of rotatable bonds is 5. The molecule has 150 valence electrons. The summed E-state index contributed by atoms with van der Waals surface area (Å²) in [5.74, 6) is 2.32. The first-order valence-corrected chi connectivity index (χ1v) is 10.7. The summed E-state index contributed by atoms with van der Waals surface area (Å²) >= 11 is 0. The van der Waals surface area contributed by atoms with Gasteiger partial charge in [-0.15, -0.1) is 0 Å². The smallest absolute Gasteiger partial charge is 0.241 e. The Morgan fingerprint density at radius 2 is 1.32 bits per heavy atom. The maximum Gasteiger partial charge on any atom is 0.241 e. The van der Waals surface area contributed by atoms with Crippen molar-refractivity contribution in [1.82, 2.24) is 4.72 Å². The summed E-state index contributed by atoms with van der Waals surface area (Å²) in [6, 6.07) is 9.74. The normalized spacial score (nSPS) is 16.7. The number of hydrogen-bond acceptors (Lipinski definition) is 6. The van der Waals surface area contributed by atoms with E-state index in [-0.39, 0.29) is 10.8 Å². The fraction of sp³-hybridized carbons (Fsp3) is 0.400. The van der Waals surface area contributed by atoms with Crippen LogP contribution in [0.3, 0.4) is 0 Å². The SMILES string of the molecule is CC(C)[C@H](NS(=O)(=O)c1ccc2c(c1)OCCO2)c1ccc2c(c1)OCCO2. The molecule has 0 bridgehead atoms. The van der Waals surface area contributed by atoms with Gasteiger partial charge in [0.2, 0.25) is 10.0 Å². The quantitative estimate of drug-likeness (QED) is 0.824. The molecular weight excluding hydrogens is 382 g/mol. The summed E-state index contributed by atoms with van der Waals surface area (Å²) in [6.07, 6.45) is 0. The number of benzene rings is 2. The molecule has 0 radical (unpaired) electrons. The van der Waals surface area contributed by atoms with Gasteiger partial charge in [0.15, 0.2) is 23.0 Å². The molecule has 0 saturated carbocycles. The molecule has 2 aromatic carbocycles. The molecule has 7 nitrogen and oxygen atoms in total. The van der Waals surface area contributed by atoms with Gasteiger partial charge in [0, 0.05) is 12.1 Å². The second-order valence-electron chi connectivity index (χ2n) is 7.05. The topological polar surface area (TPSA) is 83.1 Å². The highest BCUT2D eigenvalue weighted by atomic mass is 32.2. The molecule has 0 aromatic heterocycles. The van der Waals surface area contributed by atoms with Gasteiger partial charge in [0.25, 0.3) is 0 Å². The largest absolute Gasteiger partial charge is 0.486 e. The minimum absolute atomic E-state index is 0.0227. The molecule has 2 heterocycles. The van der Waals surface area contributed by atoms with E-state index in [1.807, 2.05) is 32.0 Å². The Bertz CT molecular complexity index is 973. The molecule has 28 heavy (non-hydrogen) atoms. The molecular formula is C20H23NO6S. The Kier molecular flexibility index (Phi) is 5.07. The average molecular weight is 405 g/mol. The van der Waals surface area contributed by atoms with Gasteiger partial charge in [-0.25, -0.2) is 13.1 Å². The van der Waals surface area contributed by atoms with Crippen molar-refractivity contribution in [2.75, 3.05) is 26.4 Å². The van der Waals surface area contributed by atoms with Crippen LogP contribution in [0.4, 0.5) is 0 Å². The first-order chi connectivity index (χ1) is 13.4. The lowest BCUT2D eigenvalue weighted by Gasteiger charge is -2.25. The number of ether oxygens (including phenoxy) is 4. The fourth-order valence-electron chi connectivity index (χ4n) is 3.27. The van der Waals surface area contributed by atoms with Crippen molar-refractivity contribution in [2.24, 2.45) is 5.92 Å². The lowest BCUT2D eigenvalue weighted by atomic mass is 9.97. The first-order valence-electron chi connectivity index (χ1n) is 9.25. The van der Waals surface area contributed by atoms with E-state index in [9.17, 15) is 8.42 Å². The molecule has 0 fully saturated rings. The van der Waals surface area contributed by atoms with Crippen LogP contribution in [0.5, 0.6) is 23.0 Å². The van der Waals surface area contributed by atoms with Crippen molar-refractivity contribution in [3.8, 4) is 23.0 Å². The van der Waals surface area contributed by atoms with Crippen LogP contribution in [0, 0.1) is 5.92 Å². The molecule has 2 aliphatic heterocycles. The van der Waals surface area contributed by atoms with Crippen LogP contribution in [0.15, 0.2) is 41.3 Å². The third-order valence-electron chi connectivity index (χ3n) is 4.70. The number of nitrogens with one attached hydrogen (secondary N) is 1. The van der Waals surface area contributed by atoms with Gasteiger partial charge in [-0.3, -0.25) is 0 Å². The van der Waals surface area contributed by atoms with Crippen molar-refractivity contribution in [2.45, 2.75) is 24.8 Å². The van der Waals surface area contributed by atoms with E-state index in [0.717, 1.165) is 5.56 Å². The van der Waals surface area contributed by atoms with Crippen molar-refractivity contribution in [1.29, 1.82) is 0 Å². The zero-order valence-electron chi connectivity index (χ0n) is 15.8. The number of fused-ring (bicyclic) bond motifs is 2. The summed E-state index contributed by atoms with van der Waals surface area (Å²) in [5, 5.41) is 0. The van der Waals surface area contributed by atoms with Crippen LogP contribution >= 0.6 is 0 Å². The van der Waals surface area contributed by atoms with Gasteiger partial charge in [-0.05, 0) is 35.7 Å². The summed E-state index contributed by atoms with van der Waals surface area (Å²) < 4.78 is 51.0. The van der Waals surface area contributed by atoms with Crippen molar-refractivity contribution in [3.63, 3.8) is 0 Å². The van der Waals surface area contributed by atoms with Crippen molar-refractivity contribution >= 4 is 10.0 Å². The molecule has 0 saturated heterocycles. The van der Waals surface area contributed by atoms with E-state index >= 15 is 0 Å². The first kappa shape index (κ1) is 18.9. The Balaban J connectivity index is 1.62. The highest BCUT2D eigenvalue weighted by Crippen LogP contribution is 2.36. The monoisotopic (exact) mass is 405 g/mol. The van der Waals surface area contributed by atoms with Crippen LogP contribution in [-0.4, -0.2) is 34.8 Å². The molecule has 0 aliphatic carbocycles. The van der Waals surface area contributed by atoms with Gasteiger partial charge in [0.1, 0.15) is 26.4 Å². The van der Waals surface area contributed by atoms with E-state index in [2.05, 4.69) is 4.72 Å². The number of sulfonamides is 1. The van der Waals surface area contributed by atoms with Crippen LogP contribution < -0.4 is 23.7 Å². The molecule has 2 aromatic rings. The molecule has 1 atom stereocenters. The third-order valence-corrected chi connectivity index (χ3v) is 6.14. The summed E-state index contributed by atoms with van der Waals surface area (Å²) in [6.45, 7) is 5.77. The Morgan fingerprint density at radius 1 is 0.786 bits per heavy atom. The predicted molar refractivity (Wildman–Crippen MR) is 103 cm³/mol. The molecule has 0 spiro atoms. The molecule has 0 amide bonds. The van der Waals surface area contributed by atoms with Crippen molar-refractivity contribution in [3.05, 3.63) is 42.0 Å². The second-order valence-corrected chi connectivity index (χ2v) is 8.77. The van der Waals surface area contributed by atoms with Crippen LogP contribution in [0.25, 0.3) is 0 Å². The van der Waals surface area contributed by atoms with E-state index in [1.54, 1.807) is 6.07 Å². The van der Waals surface area contributed by atoms with Gasteiger partial charge in [0.05, 0.1) is 4.90 Å². The van der Waals surface area contributed by atoms with E-state index in [4.69, 9.17) is 18.9 Å². The third kappa shape index (κ3) is 3.74. The molecule has 0 unspecified atom stereocenters. The number of hydrogen-bond donors (Lipinski definition) is 1. The van der Waals surface area contributed by atoms with Crippen LogP contribution in [0.1, 0.15) is 25.5 Å². The van der Waals surface area contributed by atoms with Gasteiger partial charge >= 0.3 is 0 Å². The van der Waals surface area contributed by atoms with Crippen molar-refractivity contribution < 1.29 is 27.4 Å². The standard InChI is InChI=1S/C20H23NO6S/c1-13(2)20(14-3-5-16-18(11-14)26-9-7-24-16)21-28(22,23)15-4-6-17-19(12-15)27-10-8-25-17/h3-6,11-13,20-21H,7-10H2,1-2H3/t20-/m0/s1. The maximum atomic E-state index is 13.0. The lowest BCUT2D eigenvalue weighted by molar-refractivity contribution is 0.171. The molecule has 2 aliphatic rings. The molecule has 1 N–H and O–H groups in total. The Morgan fingerprint density at radius 3 is 1.93 bits per heavy atom. The highest BCUT2D eigenvalue weighted by Gasteiger charge is 2.27. The van der Waals surface area contributed by atoms with E-state index in [0.29, 0.717) is 49.4 Å². The minimum atomic E-state index is -3.77. The Hall–Kier alpha value is -2.45. The summed E-state index contributed by atoms with van der Waals surface area (Å²) in [5.41, 5.74) is 0.820. The Labute approximate surface area is 164 Å². The predicted octanol–water partition coefficient (Wildman–Crippen LogP) is 2.90.